The number of rotatable bonds is 4. The molecule has 12 heteroatoms. The molecule has 1 aromatic heterocycles. The van der Waals surface area contributed by atoms with E-state index in [0.29, 0.717) is 10.9 Å². The van der Waals surface area contributed by atoms with Crippen LogP contribution < -0.4 is 11.0 Å². The molecular weight excluding hydrogens is 429 g/mol. The smallest absolute Gasteiger partial charge is 0.277 e. The minimum absolute atomic E-state index is 0.103. The number of carbonyl (C=O) groups is 1. The van der Waals surface area contributed by atoms with Gasteiger partial charge in [-0.05, 0) is 19.1 Å². The summed E-state index contributed by atoms with van der Waals surface area (Å²) in [6.45, 7) is 0.939. The lowest BCUT2D eigenvalue weighted by molar-refractivity contribution is -0.138. The van der Waals surface area contributed by atoms with Crippen molar-refractivity contribution in [1.29, 1.82) is 0 Å². The lowest BCUT2D eigenvalue weighted by Gasteiger charge is -2.14. The van der Waals surface area contributed by atoms with Crippen molar-refractivity contribution in [3.63, 3.8) is 0 Å². The van der Waals surface area contributed by atoms with E-state index in [0.717, 1.165) is 31.7 Å². The van der Waals surface area contributed by atoms with Crippen LogP contribution in [0, 0.1) is 12.7 Å². The van der Waals surface area contributed by atoms with Crippen LogP contribution in [0.5, 0.6) is 0 Å². The fourth-order valence-corrected chi connectivity index (χ4v) is 2.75. The molecule has 0 aliphatic heterocycles. The number of benzene rings is 1. The van der Waals surface area contributed by atoms with Crippen LogP contribution in [-0.4, -0.2) is 22.8 Å². The van der Waals surface area contributed by atoms with Gasteiger partial charge in [0.05, 0.1) is 29.5 Å². The average Bonchev–Trinajstić information content (AvgIpc) is 2.59. The molecule has 1 aromatic carbocycles. The average molecular weight is 440 g/mol. The molecule has 28 heavy (non-hydrogen) atoms. The molecule has 150 valence electrons. The predicted octanol–water partition coefficient (Wildman–Crippen LogP) is 3.61. The van der Waals surface area contributed by atoms with Crippen LogP contribution >= 0.6 is 23.2 Å². The van der Waals surface area contributed by atoms with Crippen molar-refractivity contribution >= 4 is 34.7 Å². The second-order valence-corrected chi connectivity index (χ2v) is 5.96. The normalized spacial score (nSPS) is 12.2. The third-order valence-electron chi connectivity index (χ3n) is 3.63. The Morgan fingerprint density at radius 1 is 1.36 bits per heavy atom. The quantitative estimate of drug-likeness (QED) is 0.448. The molecule has 2 rings (SSSR count). The Hall–Kier alpha value is -2.43. The highest BCUT2D eigenvalue weighted by atomic mass is 35.5. The van der Waals surface area contributed by atoms with Gasteiger partial charge in [-0.2, -0.15) is 23.0 Å². The zero-order valence-corrected chi connectivity index (χ0v) is 15.7. The summed E-state index contributed by atoms with van der Waals surface area (Å²) in [4.78, 5) is 28.8. The number of halogens is 6. The highest BCUT2D eigenvalue weighted by Gasteiger charge is 2.34. The van der Waals surface area contributed by atoms with Gasteiger partial charge in [0.1, 0.15) is 5.69 Å². The van der Waals surface area contributed by atoms with E-state index in [2.05, 4.69) is 9.94 Å². The largest absolute Gasteiger partial charge is 0.418 e. The van der Waals surface area contributed by atoms with Gasteiger partial charge >= 0.3 is 6.18 Å². The second kappa shape index (κ2) is 8.29. The highest BCUT2D eigenvalue weighted by Crippen LogP contribution is 2.31. The highest BCUT2D eigenvalue weighted by molar-refractivity contribution is 6.39. The first-order chi connectivity index (χ1) is 13.0. The molecule has 2 aromatic rings. The molecular formula is C16H11Cl2F4N3O3. The maximum absolute atomic E-state index is 14.4. The predicted molar refractivity (Wildman–Crippen MR) is 93.5 cm³/mol. The molecule has 0 saturated heterocycles. The molecule has 1 heterocycles. The summed E-state index contributed by atoms with van der Waals surface area (Å²) in [5.74, 6) is -1.88. The first-order valence-corrected chi connectivity index (χ1v) is 8.14. The Kier molecular flexibility index (Phi) is 6.48. The first-order valence-electron chi connectivity index (χ1n) is 7.32. The van der Waals surface area contributed by atoms with E-state index in [1.54, 1.807) is 0 Å². The Labute approximate surface area is 165 Å². The summed E-state index contributed by atoms with van der Waals surface area (Å²) < 4.78 is 53.6. The van der Waals surface area contributed by atoms with Gasteiger partial charge in [-0.25, -0.2) is 9.87 Å². The third kappa shape index (κ3) is 4.18. The molecule has 0 unspecified atom stereocenters. The van der Waals surface area contributed by atoms with E-state index in [9.17, 15) is 27.2 Å². The van der Waals surface area contributed by atoms with Crippen LogP contribution in [0.3, 0.4) is 0 Å². The van der Waals surface area contributed by atoms with Crippen molar-refractivity contribution in [2.75, 3.05) is 7.11 Å². The van der Waals surface area contributed by atoms with E-state index < -0.39 is 40.3 Å². The number of nitrogens with zero attached hydrogens (tertiary/aromatic N) is 2. The van der Waals surface area contributed by atoms with E-state index in [4.69, 9.17) is 23.2 Å². The number of amides is 1. The van der Waals surface area contributed by atoms with Crippen molar-refractivity contribution in [2.24, 2.45) is 0 Å². The van der Waals surface area contributed by atoms with E-state index in [1.807, 2.05) is 5.48 Å². The van der Waals surface area contributed by atoms with E-state index >= 15 is 0 Å². The first kappa shape index (κ1) is 21.9. The Balaban J connectivity index is 2.70. The minimum atomic E-state index is -4.80. The number of carbonyl (C=O) groups excluding carboxylic acids is 1. The number of aromatic nitrogens is 2. The summed E-state index contributed by atoms with van der Waals surface area (Å²) >= 11 is 11.6. The van der Waals surface area contributed by atoms with Crippen LogP contribution in [0.25, 0.3) is 11.3 Å². The fourth-order valence-electron chi connectivity index (χ4n) is 2.28. The molecule has 0 aliphatic rings. The van der Waals surface area contributed by atoms with Crippen molar-refractivity contribution in [3.05, 3.63) is 61.7 Å². The Morgan fingerprint density at radius 2 is 2.00 bits per heavy atom. The van der Waals surface area contributed by atoms with Crippen molar-refractivity contribution in [3.8, 4) is 5.69 Å². The zero-order chi connectivity index (χ0) is 21.2. The standard InChI is InChI=1S/C16H11Cl2F4N3O3/c1-7-10(16(20,21)22)6-23-25(15(7)27)13-3-8(11(18)4-12(13)19)9(5-17)14(26)24-28-2/h3-6H,1-2H3,(H,24,26)/b9-5-. The summed E-state index contributed by atoms with van der Waals surface area (Å²) in [6, 6.07) is 1.73. The number of nitrogens with one attached hydrogen (secondary N) is 1. The van der Waals surface area contributed by atoms with Gasteiger partial charge < -0.3 is 0 Å². The van der Waals surface area contributed by atoms with Crippen LogP contribution in [0.4, 0.5) is 17.6 Å². The van der Waals surface area contributed by atoms with Crippen LogP contribution in [0.1, 0.15) is 16.7 Å². The van der Waals surface area contributed by atoms with Gasteiger partial charge in [0, 0.05) is 16.7 Å². The molecule has 0 atom stereocenters. The van der Waals surface area contributed by atoms with Gasteiger partial charge in [-0.1, -0.05) is 23.2 Å². The fraction of sp³-hybridized carbons (Fsp3) is 0.188. The molecule has 0 bridgehead atoms. The number of hydroxylamine groups is 1. The van der Waals surface area contributed by atoms with E-state index in [-0.39, 0.29) is 16.2 Å². The van der Waals surface area contributed by atoms with Crippen LogP contribution in [-0.2, 0) is 15.8 Å². The number of alkyl halides is 3. The Bertz CT molecular complexity index is 1020. The summed E-state index contributed by atoms with van der Waals surface area (Å²) in [5, 5.41) is 3.16. The number of hydrogen-bond acceptors (Lipinski definition) is 4. The minimum Gasteiger partial charge on any atom is -0.277 e. The topological polar surface area (TPSA) is 73.2 Å². The van der Waals surface area contributed by atoms with Crippen molar-refractivity contribution in [2.45, 2.75) is 13.1 Å². The van der Waals surface area contributed by atoms with E-state index in [1.165, 1.54) is 0 Å². The molecule has 6 nitrogen and oxygen atoms in total. The lowest BCUT2D eigenvalue weighted by Crippen LogP contribution is -2.28. The second-order valence-electron chi connectivity index (χ2n) is 5.34. The molecule has 0 fully saturated rings. The van der Waals surface area contributed by atoms with Crippen LogP contribution in [0.15, 0.2) is 28.7 Å². The maximum Gasteiger partial charge on any atom is 0.418 e. The monoisotopic (exact) mass is 439 g/mol. The van der Waals surface area contributed by atoms with Gasteiger partial charge in [0.25, 0.3) is 11.5 Å². The molecule has 0 aliphatic carbocycles. The lowest BCUT2D eigenvalue weighted by atomic mass is 10.1. The third-order valence-corrected chi connectivity index (χ3v) is 4.16. The summed E-state index contributed by atoms with van der Waals surface area (Å²) in [7, 11) is 1.16. The van der Waals surface area contributed by atoms with Crippen LogP contribution in [0.2, 0.25) is 5.02 Å². The van der Waals surface area contributed by atoms with Crippen molar-refractivity contribution < 1.29 is 27.2 Å². The molecule has 0 saturated carbocycles. The zero-order valence-electron chi connectivity index (χ0n) is 14.2. The SMILES string of the molecule is CONC(=O)/C(=C\Cl)c1cc(-n2ncc(C(F)(F)F)c(C)c2=O)c(F)cc1Cl. The maximum atomic E-state index is 14.4. The van der Waals surface area contributed by atoms with Gasteiger partial charge in [0.15, 0.2) is 5.82 Å². The van der Waals surface area contributed by atoms with Gasteiger partial charge in [-0.15, -0.1) is 0 Å². The van der Waals surface area contributed by atoms with Gasteiger partial charge in [-0.3, -0.25) is 14.4 Å². The molecule has 1 N–H and O–H groups in total. The number of hydrogen-bond donors (Lipinski definition) is 1. The summed E-state index contributed by atoms with van der Waals surface area (Å²) in [5.41, 5.74) is -1.16. The van der Waals surface area contributed by atoms with Gasteiger partial charge in [0.2, 0.25) is 0 Å². The molecule has 0 radical (unpaired) electrons. The molecule has 1 amide bonds. The molecule has 0 spiro atoms. The summed E-state index contributed by atoms with van der Waals surface area (Å²) in [6.07, 6.45) is -4.40. The van der Waals surface area contributed by atoms with Crippen molar-refractivity contribution in [1.82, 2.24) is 15.3 Å². The Morgan fingerprint density at radius 3 is 2.54 bits per heavy atom.